The molecule has 0 aromatic carbocycles. The van der Waals surface area contributed by atoms with Crippen LogP contribution in [0.3, 0.4) is 0 Å². The molecule has 25 heavy (non-hydrogen) atoms. The maximum atomic E-state index is 12.4. The van der Waals surface area contributed by atoms with Crippen molar-refractivity contribution < 1.29 is 13.9 Å². The van der Waals surface area contributed by atoms with Crippen molar-refractivity contribution in [3.63, 3.8) is 0 Å². The van der Waals surface area contributed by atoms with E-state index in [1.807, 2.05) is 26.8 Å². The van der Waals surface area contributed by atoms with Crippen molar-refractivity contribution in [1.29, 1.82) is 0 Å². The zero-order valence-electron chi connectivity index (χ0n) is 15.1. The maximum Gasteiger partial charge on any atom is 0.273 e. The fourth-order valence-corrected chi connectivity index (χ4v) is 2.17. The topological polar surface area (TPSA) is 66.2 Å². The van der Waals surface area contributed by atoms with Gasteiger partial charge >= 0.3 is 0 Å². The summed E-state index contributed by atoms with van der Waals surface area (Å²) in [4.78, 5) is 16.6. The van der Waals surface area contributed by atoms with Gasteiger partial charge in [-0.05, 0) is 33.8 Å². The lowest BCUT2D eigenvalue weighted by Crippen LogP contribution is -2.37. The Morgan fingerprint density at radius 1 is 1.20 bits per heavy atom. The lowest BCUT2D eigenvalue weighted by molar-refractivity contribution is 0.104. The SMILES string of the molecule is Cc1c(OCc2ccc(COCCF)nc2)cnn(C(C)(C)C)c1=O. The summed E-state index contributed by atoms with van der Waals surface area (Å²) in [6.07, 6.45) is 3.24. The van der Waals surface area contributed by atoms with E-state index in [0.29, 0.717) is 11.3 Å². The van der Waals surface area contributed by atoms with Crippen LogP contribution in [-0.2, 0) is 23.5 Å². The molecule has 0 aliphatic heterocycles. The van der Waals surface area contributed by atoms with Crippen LogP contribution in [0, 0.1) is 6.92 Å². The Balaban J connectivity index is 2.02. The summed E-state index contributed by atoms with van der Waals surface area (Å²) in [6, 6.07) is 3.67. The van der Waals surface area contributed by atoms with E-state index in [4.69, 9.17) is 9.47 Å². The highest BCUT2D eigenvalue weighted by molar-refractivity contribution is 5.27. The third-order valence-corrected chi connectivity index (χ3v) is 3.56. The van der Waals surface area contributed by atoms with Gasteiger partial charge in [0.15, 0.2) is 0 Å². The first-order valence-corrected chi connectivity index (χ1v) is 8.12. The fraction of sp³-hybridized carbons (Fsp3) is 0.500. The number of aromatic nitrogens is 3. The first-order valence-electron chi connectivity index (χ1n) is 8.12. The summed E-state index contributed by atoms with van der Waals surface area (Å²) in [7, 11) is 0. The zero-order chi connectivity index (χ0) is 18.4. The number of hydrogen-bond acceptors (Lipinski definition) is 5. The summed E-state index contributed by atoms with van der Waals surface area (Å²) in [6.45, 7) is 7.61. The molecule has 2 aromatic rings. The molecule has 0 spiro atoms. The molecule has 0 amide bonds. The fourth-order valence-electron chi connectivity index (χ4n) is 2.17. The quantitative estimate of drug-likeness (QED) is 0.719. The molecule has 2 rings (SSSR count). The Kier molecular flexibility index (Phi) is 6.25. The van der Waals surface area contributed by atoms with Gasteiger partial charge in [0.1, 0.15) is 19.0 Å². The highest BCUT2D eigenvalue weighted by Crippen LogP contribution is 2.17. The van der Waals surface area contributed by atoms with E-state index in [0.717, 1.165) is 11.3 Å². The molecule has 0 aliphatic carbocycles. The maximum absolute atomic E-state index is 12.4. The first kappa shape index (κ1) is 19.1. The minimum atomic E-state index is -0.507. The molecule has 0 unspecified atom stereocenters. The van der Waals surface area contributed by atoms with E-state index in [9.17, 15) is 9.18 Å². The second-order valence-corrected chi connectivity index (χ2v) is 6.71. The van der Waals surface area contributed by atoms with Crippen molar-refractivity contribution in [3.8, 4) is 5.75 Å². The molecule has 0 saturated carbocycles. The predicted molar refractivity (Wildman–Crippen MR) is 92.4 cm³/mol. The normalized spacial score (nSPS) is 11.6. The lowest BCUT2D eigenvalue weighted by atomic mass is 10.1. The van der Waals surface area contributed by atoms with E-state index in [2.05, 4.69) is 10.1 Å². The molecule has 0 fully saturated rings. The molecule has 6 nitrogen and oxygen atoms in total. The third kappa shape index (κ3) is 5.09. The molecule has 0 aliphatic rings. The molecule has 0 atom stereocenters. The predicted octanol–water partition coefficient (Wildman–Crippen LogP) is 2.77. The Morgan fingerprint density at radius 2 is 1.96 bits per heavy atom. The van der Waals surface area contributed by atoms with Crippen LogP contribution < -0.4 is 10.3 Å². The van der Waals surface area contributed by atoms with Gasteiger partial charge in [0.25, 0.3) is 5.56 Å². The van der Waals surface area contributed by atoms with Crippen LogP contribution in [0.2, 0.25) is 0 Å². The van der Waals surface area contributed by atoms with Crippen LogP contribution in [0.15, 0.2) is 29.3 Å². The molecule has 0 saturated heterocycles. The molecule has 2 heterocycles. The zero-order valence-corrected chi connectivity index (χ0v) is 15.1. The summed E-state index contributed by atoms with van der Waals surface area (Å²) < 4.78 is 24.2. The molecule has 2 aromatic heterocycles. The Morgan fingerprint density at radius 3 is 2.56 bits per heavy atom. The van der Waals surface area contributed by atoms with E-state index >= 15 is 0 Å². The molecule has 0 N–H and O–H groups in total. The Labute approximate surface area is 146 Å². The van der Waals surface area contributed by atoms with Crippen molar-refractivity contribution >= 4 is 0 Å². The lowest BCUT2D eigenvalue weighted by Gasteiger charge is -2.21. The summed E-state index contributed by atoms with van der Waals surface area (Å²) in [5.74, 6) is 0.459. The average molecular weight is 349 g/mol. The molecule has 0 radical (unpaired) electrons. The molecule has 7 heteroatoms. The van der Waals surface area contributed by atoms with Gasteiger partial charge in [0.05, 0.1) is 36.2 Å². The van der Waals surface area contributed by atoms with E-state index in [1.54, 1.807) is 25.4 Å². The summed E-state index contributed by atoms with van der Waals surface area (Å²) in [5.41, 5.74) is 1.55. The van der Waals surface area contributed by atoms with E-state index in [1.165, 1.54) is 4.68 Å². The first-order chi connectivity index (χ1) is 11.8. The standard InChI is InChI=1S/C18H24FN3O3/c1-13-16(10-21-22(17(13)23)18(2,3)4)25-11-14-5-6-15(20-9-14)12-24-8-7-19/h5-6,9-10H,7-8,11-12H2,1-4H3. The van der Waals surface area contributed by atoms with Crippen molar-refractivity contribution in [1.82, 2.24) is 14.8 Å². The molecule has 0 bridgehead atoms. The monoisotopic (exact) mass is 349 g/mol. The minimum absolute atomic E-state index is 0.0684. The van der Waals surface area contributed by atoms with Gasteiger partial charge in [-0.2, -0.15) is 5.10 Å². The number of halogens is 1. The number of ether oxygens (including phenoxy) is 2. The van der Waals surface area contributed by atoms with Crippen molar-refractivity contribution in [2.24, 2.45) is 0 Å². The van der Waals surface area contributed by atoms with Gasteiger partial charge in [-0.25, -0.2) is 9.07 Å². The molecular formula is C18H24FN3O3. The van der Waals surface area contributed by atoms with Crippen LogP contribution in [0.4, 0.5) is 4.39 Å². The van der Waals surface area contributed by atoms with Crippen LogP contribution in [0.1, 0.15) is 37.6 Å². The highest BCUT2D eigenvalue weighted by Gasteiger charge is 2.18. The van der Waals surface area contributed by atoms with Crippen LogP contribution in [0.25, 0.3) is 0 Å². The van der Waals surface area contributed by atoms with Gasteiger partial charge in [0.2, 0.25) is 0 Å². The minimum Gasteiger partial charge on any atom is -0.487 e. The van der Waals surface area contributed by atoms with E-state index in [-0.39, 0.29) is 30.9 Å². The van der Waals surface area contributed by atoms with Crippen LogP contribution in [0.5, 0.6) is 5.75 Å². The molecular weight excluding hydrogens is 325 g/mol. The largest absolute Gasteiger partial charge is 0.487 e. The number of rotatable bonds is 7. The number of nitrogens with zero attached hydrogens (tertiary/aromatic N) is 3. The van der Waals surface area contributed by atoms with Crippen LogP contribution >= 0.6 is 0 Å². The van der Waals surface area contributed by atoms with E-state index < -0.39 is 6.67 Å². The van der Waals surface area contributed by atoms with Gasteiger partial charge in [-0.15, -0.1) is 0 Å². The van der Waals surface area contributed by atoms with Gasteiger partial charge < -0.3 is 9.47 Å². The van der Waals surface area contributed by atoms with Crippen molar-refractivity contribution in [2.45, 2.75) is 46.4 Å². The molecule has 136 valence electrons. The Hall–Kier alpha value is -2.28. The number of pyridine rings is 1. The Bertz CT molecular complexity index is 752. The van der Waals surface area contributed by atoms with Crippen molar-refractivity contribution in [2.75, 3.05) is 13.3 Å². The second-order valence-electron chi connectivity index (χ2n) is 6.71. The van der Waals surface area contributed by atoms with Crippen molar-refractivity contribution in [3.05, 3.63) is 51.7 Å². The average Bonchev–Trinajstić information content (AvgIpc) is 2.56. The van der Waals surface area contributed by atoms with Crippen LogP contribution in [-0.4, -0.2) is 28.0 Å². The third-order valence-electron chi connectivity index (χ3n) is 3.56. The number of hydrogen-bond donors (Lipinski definition) is 0. The summed E-state index contributed by atoms with van der Waals surface area (Å²) >= 11 is 0. The van der Waals surface area contributed by atoms with Gasteiger partial charge in [-0.1, -0.05) is 6.07 Å². The highest BCUT2D eigenvalue weighted by atomic mass is 19.1. The second kappa shape index (κ2) is 8.20. The smallest absolute Gasteiger partial charge is 0.273 e. The number of alkyl halides is 1. The summed E-state index contributed by atoms with van der Waals surface area (Å²) in [5, 5.41) is 4.19. The van der Waals surface area contributed by atoms with Gasteiger partial charge in [-0.3, -0.25) is 9.78 Å². The van der Waals surface area contributed by atoms with Gasteiger partial charge in [0, 0.05) is 11.8 Å².